The largest absolute Gasteiger partial charge is 0.748 e. The van der Waals surface area contributed by atoms with Crippen molar-refractivity contribution in [3.63, 3.8) is 0 Å². The van der Waals surface area contributed by atoms with Crippen LogP contribution in [0, 0.1) is 0 Å². The van der Waals surface area contributed by atoms with Crippen molar-refractivity contribution in [2.24, 2.45) is 0 Å². The summed E-state index contributed by atoms with van der Waals surface area (Å²) >= 11 is 0. The van der Waals surface area contributed by atoms with E-state index in [0.717, 1.165) is 6.54 Å². The van der Waals surface area contributed by atoms with Gasteiger partial charge in [0, 0.05) is 23.8 Å². The smallest absolute Gasteiger partial charge is 0.209 e. The van der Waals surface area contributed by atoms with Crippen molar-refractivity contribution in [3.05, 3.63) is 42.0 Å². The van der Waals surface area contributed by atoms with E-state index >= 15 is 0 Å². The molecule has 0 saturated carbocycles. The van der Waals surface area contributed by atoms with Gasteiger partial charge in [0.05, 0.1) is 15.5 Å². The molecule has 1 heterocycles. The summed E-state index contributed by atoms with van der Waals surface area (Å²) in [5.74, 6) is -0.283. The summed E-state index contributed by atoms with van der Waals surface area (Å²) < 4.78 is 34.3. The fourth-order valence-electron chi connectivity index (χ4n) is 3.45. The minimum absolute atomic E-state index is 0.0686. The maximum absolute atomic E-state index is 10.7. The first-order chi connectivity index (χ1) is 10.8. The lowest BCUT2D eigenvalue weighted by molar-refractivity contribution is -0.434. The van der Waals surface area contributed by atoms with Crippen LogP contribution in [0.3, 0.4) is 0 Å². The minimum Gasteiger partial charge on any atom is -0.748 e. The molecule has 0 radical (unpaired) electrons. The number of unbranched alkanes of at least 4 members (excludes halogenated alkanes) is 1. The average molecular weight is 331 g/mol. The predicted molar refractivity (Wildman–Crippen MR) is 91.6 cm³/mol. The van der Waals surface area contributed by atoms with Crippen molar-refractivity contribution in [2.45, 2.75) is 32.1 Å². The molecule has 0 fully saturated rings. The summed E-state index contributed by atoms with van der Waals surface area (Å²) in [5, 5.41) is 2.49. The van der Waals surface area contributed by atoms with Crippen LogP contribution in [-0.2, 0) is 15.5 Å². The fraction of sp³-hybridized carbons (Fsp3) is 0.389. The van der Waals surface area contributed by atoms with Gasteiger partial charge in [0.1, 0.15) is 6.54 Å². The lowest BCUT2D eigenvalue weighted by Gasteiger charge is -2.14. The Kier molecular flexibility index (Phi) is 4.02. The van der Waals surface area contributed by atoms with Crippen molar-refractivity contribution in [1.29, 1.82) is 0 Å². The van der Waals surface area contributed by atoms with Crippen molar-refractivity contribution in [2.75, 3.05) is 12.3 Å². The van der Waals surface area contributed by atoms with E-state index in [1.807, 2.05) is 6.07 Å². The van der Waals surface area contributed by atoms with Gasteiger partial charge in [-0.3, -0.25) is 0 Å². The summed E-state index contributed by atoms with van der Waals surface area (Å²) in [4.78, 5) is 0. The van der Waals surface area contributed by atoms with E-state index in [0.29, 0.717) is 12.8 Å². The second-order valence-electron chi connectivity index (χ2n) is 6.69. The van der Waals surface area contributed by atoms with Crippen molar-refractivity contribution in [1.82, 2.24) is 0 Å². The second-order valence-corrected chi connectivity index (χ2v) is 8.22. The summed E-state index contributed by atoms with van der Waals surface area (Å²) in [7, 11) is -4.11. The zero-order valence-electron chi connectivity index (χ0n) is 13.5. The van der Waals surface area contributed by atoms with Crippen LogP contribution in [0.2, 0.25) is 0 Å². The summed E-state index contributed by atoms with van der Waals surface area (Å²) in [6.45, 7) is 5.12. The molecule has 1 aliphatic rings. The molecule has 0 N–H and O–H groups in total. The first kappa shape index (κ1) is 16.1. The Morgan fingerprint density at radius 2 is 1.83 bits per heavy atom. The van der Waals surface area contributed by atoms with Crippen LogP contribution in [0.1, 0.15) is 32.3 Å². The van der Waals surface area contributed by atoms with E-state index in [4.69, 9.17) is 0 Å². The lowest BCUT2D eigenvalue weighted by atomic mass is 9.84. The van der Waals surface area contributed by atoms with Crippen LogP contribution in [0.5, 0.6) is 0 Å². The number of hydrogen-bond acceptors (Lipinski definition) is 3. The number of hydrogen-bond donors (Lipinski definition) is 0. The Hall–Kier alpha value is -1.72. The first-order valence-electron chi connectivity index (χ1n) is 7.86. The third-order valence-electron chi connectivity index (χ3n) is 4.38. The van der Waals surface area contributed by atoms with Gasteiger partial charge in [-0.15, -0.1) is 0 Å². The highest BCUT2D eigenvalue weighted by Gasteiger charge is 2.38. The predicted octanol–water partition coefficient (Wildman–Crippen LogP) is 3.17. The molecule has 0 aliphatic carbocycles. The van der Waals surface area contributed by atoms with Crippen molar-refractivity contribution >= 4 is 32.8 Å². The SMILES string of the molecule is CC1(C)C=[N+](CCCCS(=O)(=O)[O-])c2ccc3ccccc3c21. The molecule has 0 amide bonds. The summed E-state index contributed by atoms with van der Waals surface area (Å²) in [6, 6.07) is 12.6. The highest BCUT2D eigenvalue weighted by Crippen LogP contribution is 2.41. The third-order valence-corrected chi connectivity index (χ3v) is 5.17. The van der Waals surface area contributed by atoms with Gasteiger partial charge in [-0.25, -0.2) is 13.0 Å². The molecule has 2 aromatic carbocycles. The Bertz CT molecular complexity index is 882. The molecule has 23 heavy (non-hydrogen) atoms. The molecule has 2 aromatic rings. The second kappa shape index (κ2) is 5.73. The first-order valence-corrected chi connectivity index (χ1v) is 9.44. The quantitative estimate of drug-likeness (QED) is 0.480. The van der Waals surface area contributed by atoms with Crippen LogP contribution >= 0.6 is 0 Å². The number of benzene rings is 2. The van der Waals surface area contributed by atoms with Crippen LogP contribution in [0.25, 0.3) is 10.8 Å². The van der Waals surface area contributed by atoms with Gasteiger partial charge in [0.15, 0.2) is 6.21 Å². The molecule has 0 spiro atoms. The molecular formula is C18H21NO3S. The molecule has 5 heteroatoms. The van der Waals surface area contributed by atoms with Crippen molar-refractivity contribution < 1.29 is 17.5 Å². The van der Waals surface area contributed by atoms with Gasteiger partial charge in [-0.05, 0) is 37.1 Å². The zero-order chi connectivity index (χ0) is 16.7. The number of nitrogens with zero attached hydrogens (tertiary/aromatic N) is 1. The Morgan fingerprint density at radius 3 is 2.57 bits per heavy atom. The Morgan fingerprint density at radius 1 is 1.09 bits per heavy atom. The molecule has 3 rings (SSSR count). The molecule has 0 saturated heterocycles. The maximum atomic E-state index is 10.7. The molecule has 0 bridgehead atoms. The highest BCUT2D eigenvalue weighted by molar-refractivity contribution is 7.85. The van der Waals surface area contributed by atoms with E-state index in [2.05, 4.69) is 55.0 Å². The minimum atomic E-state index is -4.11. The molecular weight excluding hydrogens is 310 g/mol. The van der Waals surface area contributed by atoms with Crippen LogP contribution in [0.4, 0.5) is 5.69 Å². The lowest BCUT2D eigenvalue weighted by Crippen LogP contribution is -2.17. The van der Waals surface area contributed by atoms with Crippen LogP contribution < -0.4 is 0 Å². The Balaban J connectivity index is 1.87. The Labute approximate surface area is 137 Å². The topological polar surface area (TPSA) is 60.2 Å². The van der Waals surface area contributed by atoms with E-state index in [1.54, 1.807) is 0 Å². The standard InChI is InChI=1S/C18H21NO3S/c1-18(2)13-19(11-5-6-12-23(20,21)22)16-10-9-14-7-3-4-8-15(14)17(16)18/h3-4,7-10,13H,5-6,11-12H2,1-2H3. The van der Waals surface area contributed by atoms with Gasteiger partial charge in [-0.1, -0.05) is 24.3 Å². The molecule has 0 unspecified atom stereocenters. The van der Waals surface area contributed by atoms with Crippen molar-refractivity contribution in [3.8, 4) is 0 Å². The third kappa shape index (κ3) is 3.31. The van der Waals surface area contributed by atoms with E-state index < -0.39 is 10.1 Å². The van der Waals surface area contributed by atoms with E-state index in [1.165, 1.54) is 22.0 Å². The number of rotatable bonds is 5. The highest BCUT2D eigenvalue weighted by atomic mass is 32.2. The zero-order valence-corrected chi connectivity index (χ0v) is 14.3. The molecule has 122 valence electrons. The van der Waals surface area contributed by atoms with Gasteiger partial charge >= 0.3 is 0 Å². The van der Waals surface area contributed by atoms with Gasteiger partial charge in [0.25, 0.3) is 0 Å². The normalized spacial score (nSPS) is 16.4. The summed E-state index contributed by atoms with van der Waals surface area (Å²) in [5.41, 5.74) is 2.42. The van der Waals surface area contributed by atoms with E-state index in [9.17, 15) is 13.0 Å². The fourth-order valence-corrected chi connectivity index (χ4v) is 4.00. The summed E-state index contributed by atoms with van der Waals surface area (Å²) in [6.07, 6.45) is 3.29. The number of fused-ring (bicyclic) bond motifs is 3. The average Bonchev–Trinajstić information content (AvgIpc) is 2.74. The van der Waals surface area contributed by atoms with Gasteiger partial charge in [0.2, 0.25) is 5.69 Å². The monoisotopic (exact) mass is 331 g/mol. The maximum Gasteiger partial charge on any atom is 0.209 e. The van der Waals surface area contributed by atoms with E-state index in [-0.39, 0.29) is 11.2 Å². The molecule has 4 nitrogen and oxygen atoms in total. The molecule has 0 aromatic heterocycles. The van der Waals surface area contributed by atoms with Gasteiger partial charge in [-0.2, -0.15) is 0 Å². The van der Waals surface area contributed by atoms with Gasteiger partial charge < -0.3 is 4.55 Å². The van der Waals surface area contributed by atoms with Crippen LogP contribution in [0.15, 0.2) is 36.4 Å². The molecule has 1 aliphatic heterocycles. The molecule has 0 atom stereocenters. The van der Waals surface area contributed by atoms with Crippen LogP contribution in [-0.4, -0.2) is 36.1 Å².